The highest BCUT2D eigenvalue weighted by Crippen LogP contribution is 2.10. The highest BCUT2D eigenvalue weighted by molar-refractivity contribution is 7.89. The Labute approximate surface area is 136 Å². The Bertz CT molecular complexity index is 635. The number of ether oxygens (including phenoxy) is 2. The Morgan fingerprint density at radius 3 is 2.52 bits per heavy atom. The summed E-state index contributed by atoms with van der Waals surface area (Å²) in [6.45, 7) is 1.60. The second kappa shape index (κ2) is 9.97. The molecule has 0 spiro atoms. The summed E-state index contributed by atoms with van der Waals surface area (Å²) in [4.78, 5) is 11.9. The van der Waals surface area contributed by atoms with Gasteiger partial charge in [-0.05, 0) is 24.3 Å². The molecule has 23 heavy (non-hydrogen) atoms. The Morgan fingerprint density at radius 2 is 1.91 bits per heavy atom. The lowest BCUT2D eigenvalue weighted by molar-refractivity contribution is 0.0692. The molecule has 2 N–H and O–H groups in total. The summed E-state index contributed by atoms with van der Waals surface area (Å²) in [5.41, 5.74) is 0.359. The van der Waals surface area contributed by atoms with Gasteiger partial charge in [0.25, 0.3) is 5.91 Å². The van der Waals surface area contributed by atoms with E-state index in [1.54, 1.807) is 7.11 Å². The van der Waals surface area contributed by atoms with Crippen LogP contribution in [0, 0.1) is 12.3 Å². The van der Waals surface area contributed by atoms with Gasteiger partial charge in [0.15, 0.2) is 0 Å². The van der Waals surface area contributed by atoms with Crippen molar-refractivity contribution in [1.82, 2.24) is 10.0 Å². The van der Waals surface area contributed by atoms with Crippen LogP contribution in [-0.4, -0.2) is 54.3 Å². The average Bonchev–Trinajstić information content (AvgIpc) is 2.56. The van der Waals surface area contributed by atoms with Crippen LogP contribution in [0.25, 0.3) is 0 Å². The molecule has 0 aliphatic heterocycles. The third kappa shape index (κ3) is 6.80. The van der Waals surface area contributed by atoms with E-state index < -0.39 is 10.0 Å². The number of carbonyl (C=O) groups excluding carboxylic acids is 1. The quantitative estimate of drug-likeness (QED) is 0.462. The fourth-order valence-corrected chi connectivity index (χ4v) is 2.52. The average molecular weight is 340 g/mol. The van der Waals surface area contributed by atoms with Gasteiger partial charge >= 0.3 is 0 Å². The van der Waals surface area contributed by atoms with Gasteiger partial charge in [0.05, 0.1) is 31.3 Å². The number of sulfonamides is 1. The molecule has 0 atom stereocenters. The van der Waals surface area contributed by atoms with Crippen molar-refractivity contribution in [2.24, 2.45) is 0 Å². The van der Waals surface area contributed by atoms with Crippen LogP contribution >= 0.6 is 0 Å². The molecule has 0 saturated heterocycles. The Morgan fingerprint density at radius 1 is 1.22 bits per heavy atom. The number of terminal acetylenes is 1. The van der Waals surface area contributed by atoms with Gasteiger partial charge in [-0.2, -0.15) is 4.72 Å². The van der Waals surface area contributed by atoms with Crippen LogP contribution in [-0.2, 0) is 19.5 Å². The van der Waals surface area contributed by atoms with Gasteiger partial charge < -0.3 is 14.8 Å². The zero-order chi connectivity index (χ0) is 17.1. The molecule has 1 aromatic carbocycles. The predicted octanol–water partition coefficient (Wildman–Crippen LogP) is -0.00910. The topological polar surface area (TPSA) is 93.7 Å². The molecule has 0 aliphatic rings. The van der Waals surface area contributed by atoms with Gasteiger partial charge in [-0.1, -0.05) is 5.92 Å². The summed E-state index contributed by atoms with van der Waals surface area (Å²) in [5, 5.41) is 2.67. The maximum Gasteiger partial charge on any atom is 0.251 e. The first-order valence-corrected chi connectivity index (χ1v) is 8.37. The number of hydrogen-bond donors (Lipinski definition) is 2. The maximum absolute atomic E-state index is 11.9. The SMILES string of the molecule is C#CCNS(=O)(=O)c1ccc(C(=O)NCCOCCOC)cc1. The number of carbonyl (C=O) groups is 1. The summed E-state index contributed by atoms with van der Waals surface area (Å²) in [7, 11) is -2.07. The van der Waals surface area contributed by atoms with E-state index in [-0.39, 0.29) is 17.3 Å². The van der Waals surface area contributed by atoms with Crippen molar-refractivity contribution in [3.05, 3.63) is 29.8 Å². The number of hydrogen-bond acceptors (Lipinski definition) is 5. The van der Waals surface area contributed by atoms with Crippen LogP contribution in [0.4, 0.5) is 0 Å². The van der Waals surface area contributed by atoms with E-state index in [0.29, 0.717) is 31.9 Å². The van der Waals surface area contributed by atoms with Gasteiger partial charge in [-0.25, -0.2) is 8.42 Å². The molecule has 0 heterocycles. The lowest BCUT2D eigenvalue weighted by Crippen LogP contribution is -2.28. The van der Waals surface area contributed by atoms with Crippen molar-refractivity contribution in [2.45, 2.75) is 4.90 Å². The van der Waals surface area contributed by atoms with E-state index in [9.17, 15) is 13.2 Å². The zero-order valence-electron chi connectivity index (χ0n) is 12.9. The van der Waals surface area contributed by atoms with E-state index in [4.69, 9.17) is 15.9 Å². The predicted molar refractivity (Wildman–Crippen MR) is 85.5 cm³/mol. The van der Waals surface area contributed by atoms with Crippen molar-refractivity contribution >= 4 is 15.9 Å². The third-order valence-electron chi connectivity index (χ3n) is 2.75. The van der Waals surface area contributed by atoms with E-state index >= 15 is 0 Å². The minimum absolute atomic E-state index is 0.0483. The maximum atomic E-state index is 11.9. The van der Waals surface area contributed by atoms with Crippen LogP contribution in [0.1, 0.15) is 10.4 Å². The first kappa shape index (κ1) is 19.1. The zero-order valence-corrected chi connectivity index (χ0v) is 13.7. The fourth-order valence-electron chi connectivity index (χ4n) is 1.59. The van der Waals surface area contributed by atoms with Gasteiger partial charge in [-0.3, -0.25) is 4.79 Å². The monoisotopic (exact) mass is 340 g/mol. The lowest BCUT2D eigenvalue weighted by Gasteiger charge is -2.07. The van der Waals surface area contributed by atoms with E-state index in [0.717, 1.165) is 0 Å². The molecule has 0 fully saturated rings. The molecule has 0 unspecified atom stereocenters. The summed E-state index contributed by atoms with van der Waals surface area (Å²) in [5.74, 6) is 1.89. The molecule has 0 aromatic heterocycles. The first-order valence-electron chi connectivity index (χ1n) is 6.89. The molecule has 1 amide bonds. The number of benzene rings is 1. The number of methoxy groups -OCH3 is 1. The van der Waals surface area contributed by atoms with Crippen molar-refractivity contribution in [2.75, 3.05) is 40.0 Å². The Kier molecular flexibility index (Phi) is 8.29. The van der Waals surface area contributed by atoms with E-state index in [1.165, 1.54) is 24.3 Å². The number of amides is 1. The molecule has 0 radical (unpaired) electrons. The van der Waals surface area contributed by atoms with Gasteiger partial charge in [0, 0.05) is 19.2 Å². The molecule has 1 aromatic rings. The molecule has 1 rings (SSSR count). The number of rotatable bonds is 10. The molecule has 0 aliphatic carbocycles. The van der Waals surface area contributed by atoms with Crippen molar-refractivity contribution in [3.8, 4) is 12.3 Å². The van der Waals surface area contributed by atoms with Gasteiger partial charge in [0.1, 0.15) is 0 Å². The molecule has 0 saturated carbocycles. The Balaban J connectivity index is 2.50. The van der Waals surface area contributed by atoms with Gasteiger partial charge in [0.2, 0.25) is 10.0 Å². The highest BCUT2D eigenvalue weighted by Gasteiger charge is 2.13. The number of nitrogens with one attached hydrogen (secondary N) is 2. The molecule has 7 nitrogen and oxygen atoms in total. The first-order chi connectivity index (χ1) is 11.0. The lowest BCUT2D eigenvalue weighted by atomic mass is 10.2. The van der Waals surface area contributed by atoms with Crippen LogP contribution in [0.5, 0.6) is 0 Å². The minimum Gasteiger partial charge on any atom is -0.382 e. The molecular formula is C15H20N2O5S. The standard InChI is InChI=1S/C15H20N2O5S/c1-3-8-17-23(19,20)14-6-4-13(5-7-14)15(18)16-9-10-22-12-11-21-2/h1,4-7,17H,8-12H2,2H3,(H,16,18). The fraction of sp³-hybridized carbons (Fsp3) is 0.400. The summed E-state index contributed by atoms with van der Waals surface area (Å²) in [6.07, 6.45) is 5.02. The third-order valence-corrected chi connectivity index (χ3v) is 4.17. The van der Waals surface area contributed by atoms with Crippen LogP contribution in [0.15, 0.2) is 29.2 Å². The summed E-state index contributed by atoms with van der Waals surface area (Å²) >= 11 is 0. The van der Waals surface area contributed by atoms with Gasteiger partial charge in [-0.15, -0.1) is 6.42 Å². The molecule has 126 valence electrons. The smallest absolute Gasteiger partial charge is 0.251 e. The largest absolute Gasteiger partial charge is 0.382 e. The van der Waals surface area contributed by atoms with Crippen LogP contribution in [0.3, 0.4) is 0 Å². The molecular weight excluding hydrogens is 320 g/mol. The van der Waals surface area contributed by atoms with Crippen LogP contribution in [0.2, 0.25) is 0 Å². The molecule has 0 bridgehead atoms. The van der Waals surface area contributed by atoms with Crippen molar-refractivity contribution < 1.29 is 22.7 Å². The Hall–Kier alpha value is -1.92. The van der Waals surface area contributed by atoms with Crippen molar-refractivity contribution in [3.63, 3.8) is 0 Å². The van der Waals surface area contributed by atoms with E-state index in [1.807, 2.05) is 0 Å². The molecule has 8 heteroatoms. The summed E-state index contributed by atoms with van der Waals surface area (Å²) in [6, 6.07) is 5.57. The second-order valence-corrected chi connectivity index (χ2v) is 6.18. The summed E-state index contributed by atoms with van der Waals surface area (Å²) < 4.78 is 36.0. The normalized spacial score (nSPS) is 11.0. The highest BCUT2D eigenvalue weighted by atomic mass is 32.2. The second-order valence-electron chi connectivity index (χ2n) is 4.41. The van der Waals surface area contributed by atoms with E-state index in [2.05, 4.69) is 16.0 Å². The van der Waals surface area contributed by atoms with Crippen molar-refractivity contribution in [1.29, 1.82) is 0 Å². The minimum atomic E-state index is -3.65. The van der Waals surface area contributed by atoms with Crippen LogP contribution < -0.4 is 10.0 Å².